The number of benzene rings is 1. The molecule has 1 fully saturated rings. The van der Waals surface area contributed by atoms with Crippen LogP contribution in [0.15, 0.2) is 35.3 Å². The summed E-state index contributed by atoms with van der Waals surface area (Å²) in [6.07, 6.45) is 0.539. The molecular formula is C20H33N3O2S. The molecule has 146 valence electrons. The van der Waals surface area contributed by atoms with Gasteiger partial charge in [-0.2, -0.15) is 11.8 Å². The lowest BCUT2D eigenvalue weighted by Crippen LogP contribution is -2.48. The van der Waals surface area contributed by atoms with Crippen molar-refractivity contribution in [3.8, 4) is 0 Å². The summed E-state index contributed by atoms with van der Waals surface area (Å²) in [6.45, 7) is 9.81. The maximum absolute atomic E-state index is 10.3. The predicted molar refractivity (Wildman–Crippen MR) is 111 cm³/mol. The Morgan fingerprint density at radius 1 is 1.38 bits per heavy atom. The van der Waals surface area contributed by atoms with E-state index in [-0.39, 0.29) is 12.7 Å². The Labute approximate surface area is 162 Å². The maximum atomic E-state index is 10.3. The second-order valence-electron chi connectivity index (χ2n) is 6.58. The van der Waals surface area contributed by atoms with Crippen LogP contribution in [0.2, 0.25) is 0 Å². The number of nitrogens with one attached hydrogen (secondary N) is 1. The van der Waals surface area contributed by atoms with Crippen LogP contribution in [0.3, 0.4) is 0 Å². The second kappa shape index (κ2) is 11.5. The fourth-order valence-corrected chi connectivity index (χ4v) is 4.08. The molecule has 26 heavy (non-hydrogen) atoms. The molecule has 1 saturated heterocycles. The summed E-state index contributed by atoms with van der Waals surface area (Å²) < 4.78 is 5.81. The number of ether oxygens (including phenoxy) is 1. The van der Waals surface area contributed by atoms with Gasteiger partial charge in [-0.15, -0.1) is 0 Å². The van der Waals surface area contributed by atoms with Crippen LogP contribution in [0, 0.1) is 0 Å². The smallest absolute Gasteiger partial charge is 0.194 e. The number of hydrogen-bond donors (Lipinski definition) is 2. The van der Waals surface area contributed by atoms with Crippen molar-refractivity contribution in [1.29, 1.82) is 0 Å². The molecule has 6 heteroatoms. The average molecular weight is 380 g/mol. The number of aliphatic hydroxyl groups is 1. The molecule has 0 aliphatic carbocycles. The van der Waals surface area contributed by atoms with Gasteiger partial charge in [-0.05, 0) is 25.8 Å². The summed E-state index contributed by atoms with van der Waals surface area (Å²) in [6, 6.07) is 10.1. The Balaban J connectivity index is 1.83. The SMILES string of the molecule is CCNC(=NCC(O)COC(C)c1ccccc1)N1CCSC(CC)C1. The van der Waals surface area contributed by atoms with E-state index in [1.165, 1.54) is 6.42 Å². The molecule has 3 unspecified atom stereocenters. The van der Waals surface area contributed by atoms with E-state index in [2.05, 4.69) is 29.1 Å². The lowest BCUT2D eigenvalue weighted by atomic mass is 10.1. The summed E-state index contributed by atoms with van der Waals surface area (Å²) in [5, 5.41) is 14.3. The second-order valence-corrected chi connectivity index (χ2v) is 7.99. The molecule has 0 radical (unpaired) electrons. The monoisotopic (exact) mass is 379 g/mol. The molecule has 2 N–H and O–H groups in total. The summed E-state index contributed by atoms with van der Waals surface area (Å²) >= 11 is 2.04. The number of thioether (sulfide) groups is 1. The van der Waals surface area contributed by atoms with Gasteiger partial charge in [-0.25, -0.2) is 0 Å². The first-order valence-corrected chi connectivity index (χ1v) is 10.7. The van der Waals surface area contributed by atoms with E-state index in [0.29, 0.717) is 11.8 Å². The average Bonchev–Trinajstić information content (AvgIpc) is 2.69. The van der Waals surface area contributed by atoms with Crippen LogP contribution in [-0.2, 0) is 4.74 Å². The minimum atomic E-state index is -0.601. The molecule has 1 aromatic carbocycles. The molecule has 1 aromatic rings. The lowest BCUT2D eigenvalue weighted by Gasteiger charge is -2.34. The molecule has 1 aliphatic heterocycles. The third-order valence-corrected chi connectivity index (χ3v) is 5.86. The van der Waals surface area contributed by atoms with Crippen LogP contribution in [0.5, 0.6) is 0 Å². The number of aliphatic hydroxyl groups excluding tert-OH is 1. The Hall–Kier alpha value is -1.24. The number of rotatable bonds is 8. The molecule has 0 spiro atoms. The first kappa shape index (κ1) is 21.1. The van der Waals surface area contributed by atoms with E-state index in [4.69, 9.17) is 4.74 Å². The van der Waals surface area contributed by atoms with E-state index in [1.54, 1.807) is 0 Å². The molecular weight excluding hydrogens is 346 g/mol. The Morgan fingerprint density at radius 3 is 2.85 bits per heavy atom. The third kappa shape index (κ3) is 6.82. The summed E-state index contributed by atoms with van der Waals surface area (Å²) in [7, 11) is 0. The predicted octanol–water partition coefficient (Wildman–Crippen LogP) is 2.92. The number of nitrogens with zero attached hydrogens (tertiary/aromatic N) is 2. The van der Waals surface area contributed by atoms with Crippen molar-refractivity contribution in [1.82, 2.24) is 10.2 Å². The molecule has 0 amide bonds. The minimum Gasteiger partial charge on any atom is -0.389 e. The highest BCUT2D eigenvalue weighted by Crippen LogP contribution is 2.21. The van der Waals surface area contributed by atoms with E-state index < -0.39 is 6.10 Å². The van der Waals surface area contributed by atoms with Gasteiger partial charge in [0.15, 0.2) is 5.96 Å². The molecule has 2 rings (SSSR count). The normalized spacial score (nSPS) is 20.7. The highest BCUT2D eigenvalue weighted by atomic mass is 32.2. The lowest BCUT2D eigenvalue weighted by molar-refractivity contribution is 0.00105. The van der Waals surface area contributed by atoms with Gasteiger partial charge in [-0.1, -0.05) is 37.3 Å². The van der Waals surface area contributed by atoms with Crippen molar-refractivity contribution >= 4 is 17.7 Å². The van der Waals surface area contributed by atoms with Crippen LogP contribution in [-0.4, -0.2) is 65.9 Å². The number of aliphatic imine (C=N–C) groups is 1. The van der Waals surface area contributed by atoms with Gasteiger partial charge in [0, 0.05) is 30.6 Å². The quantitative estimate of drug-likeness (QED) is 0.537. The third-order valence-electron chi connectivity index (χ3n) is 4.49. The maximum Gasteiger partial charge on any atom is 0.194 e. The van der Waals surface area contributed by atoms with Gasteiger partial charge in [0.05, 0.1) is 25.4 Å². The van der Waals surface area contributed by atoms with E-state index >= 15 is 0 Å². The zero-order chi connectivity index (χ0) is 18.8. The van der Waals surface area contributed by atoms with E-state index in [1.807, 2.05) is 49.0 Å². The van der Waals surface area contributed by atoms with Gasteiger partial charge >= 0.3 is 0 Å². The van der Waals surface area contributed by atoms with Gasteiger partial charge in [0.2, 0.25) is 0 Å². The molecule has 0 saturated carbocycles. The highest BCUT2D eigenvalue weighted by molar-refractivity contribution is 8.00. The fourth-order valence-electron chi connectivity index (χ4n) is 2.90. The van der Waals surface area contributed by atoms with Crippen molar-refractivity contribution in [3.63, 3.8) is 0 Å². The van der Waals surface area contributed by atoms with Crippen molar-refractivity contribution in [2.75, 3.05) is 38.5 Å². The van der Waals surface area contributed by atoms with Crippen molar-refractivity contribution in [3.05, 3.63) is 35.9 Å². The summed E-state index contributed by atoms with van der Waals surface area (Å²) in [5.41, 5.74) is 1.12. The van der Waals surface area contributed by atoms with E-state index in [9.17, 15) is 5.11 Å². The van der Waals surface area contributed by atoms with Gasteiger partial charge in [0.1, 0.15) is 0 Å². The summed E-state index contributed by atoms with van der Waals surface area (Å²) in [5.74, 6) is 2.03. The standard InChI is InChI=1S/C20H33N3O2S/c1-4-19-14-23(11-12-26-19)20(21-5-2)22-13-18(24)15-25-16(3)17-9-7-6-8-10-17/h6-10,16,18-19,24H,4-5,11-15H2,1-3H3,(H,21,22). The van der Waals surface area contributed by atoms with Gasteiger partial charge < -0.3 is 20.1 Å². The zero-order valence-corrected chi connectivity index (χ0v) is 17.0. The highest BCUT2D eigenvalue weighted by Gasteiger charge is 2.21. The zero-order valence-electron chi connectivity index (χ0n) is 16.2. The Bertz CT molecular complexity index is 541. The van der Waals surface area contributed by atoms with Crippen LogP contribution in [0.25, 0.3) is 0 Å². The first-order valence-electron chi connectivity index (χ1n) is 9.63. The largest absolute Gasteiger partial charge is 0.389 e. The Kier molecular flexibility index (Phi) is 9.29. The van der Waals surface area contributed by atoms with Crippen LogP contribution < -0.4 is 5.32 Å². The molecule has 1 heterocycles. The van der Waals surface area contributed by atoms with Crippen LogP contribution in [0.1, 0.15) is 38.9 Å². The van der Waals surface area contributed by atoms with Gasteiger partial charge in [-0.3, -0.25) is 4.99 Å². The number of hydrogen-bond acceptors (Lipinski definition) is 4. The van der Waals surface area contributed by atoms with Crippen molar-refractivity contribution in [2.45, 2.75) is 44.6 Å². The van der Waals surface area contributed by atoms with Crippen molar-refractivity contribution in [2.24, 2.45) is 4.99 Å². The molecule has 1 aliphatic rings. The molecule has 0 bridgehead atoms. The molecule has 5 nitrogen and oxygen atoms in total. The van der Waals surface area contributed by atoms with Crippen LogP contribution in [0.4, 0.5) is 0 Å². The molecule has 3 atom stereocenters. The Morgan fingerprint density at radius 2 is 2.15 bits per heavy atom. The van der Waals surface area contributed by atoms with Gasteiger partial charge in [0.25, 0.3) is 0 Å². The van der Waals surface area contributed by atoms with Crippen molar-refractivity contribution < 1.29 is 9.84 Å². The van der Waals surface area contributed by atoms with Crippen LogP contribution >= 0.6 is 11.8 Å². The molecule has 0 aromatic heterocycles. The number of guanidine groups is 1. The topological polar surface area (TPSA) is 57.1 Å². The minimum absolute atomic E-state index is 0.0347. The first-order chi connectivity index (χ1) is 12.6. The summed E-state index contributed by atoms with van der Waals surface area (Å²) in [4.78, 5) is 6.96. The fraction of sp³-hybridized carbons (Fsp3) is 0.650. The van der Waals surface area contributed by atoms with E-state index in [0.717, 1.165) is 36.9 Å².